The molecule has 7 aromatic rings. The SMILES string of the molecule is Clc1ccc(-c2ccccc2-n2c3ccccc3c3c4ccccc4ccc32)cc1-c1ccccc1. The Labute approximate surface area is 214 Å². The first kappa shape index (κ1) is 21.0. The maximum Gasteiger partial charge on any atom is 0.0547 e. The first-order valence-corrected chi connectivity index (χ1v) is 12.5. The summed E-state index contributed by atoms with van der Waals surface area (Å²) >= 11 is 6.66. The van der Waals surface area contributed by atoms with Crippen LogP contribution in [0.1, 0.15) is 0 Å². The van der Waals surface area contributed by atoms with E-state index in [-0.39, 0.29) is 0 Å². The van der Waals surface area contributed by atoms with E-state index in [0.717, 1.165) is 27.4 Å². The van der Waals surface area contributed by atoms with Crippen LogP contribution in [0.2, 0.25) is 5.02 Å². The van der Waals surface area contributed by atoms with Crippen LogP contribution in [0, 0.1) is 0 Å². The molecule has 7 rings (SSSR count). The number of aromatic nitrogens is 1. The lowest BCUT2D eigenvalue weighted by Gasteiger charge is -2.15. The van der Waals surface area contributed by atoms with Crippen LogP contribution in [0.5, 0.6) is 0 Å². The number of halogens is 1. The molecule has 0 unspecified atom stereocenters. The fraction of sp³-hybridized carbons (Fsp3) is 0. The van der Waals surface area contributed by atoms with Gasteiger partial charge in [-0.25, -0.2) is 0 Å². The van der Waals surface area contributed by atoms with Gasteiger partial charge in [-0.2, -0.15) is 0 Å². The van der Waals surface area contributed by atoms with E-state index in [2.05, 4.69) is 126 Å². The molecule has 0 aliphatic carbocycles. The van der Waals surface area contributed by atoms with Crippen molar-refractivity contribution in [2.24, 2.45) is 0 Å². The molecule has 0 N–H and O–H groups in total. The number of hydrogen-bond donors (Lipinski definition) is 0. The van der Waals surface area contributed by atoms with Crippen molar-refractivity contribution in [3.63, 3.8) is 0 Å². The van der Waals surface area contributed by atoms with E-state index in [1.165, 1.54) is 38.1 Å². The minimum Gasteiger partial charge on any atom is -0.309 e. The maximum atomic E-state index is 6.66. The van der Waals surface area contributed by atoms with Gasteiger partial charge in [-0.1, -0.05) is 115 Å². The molecule has 0 saturated heterocycles. The van der Waals surface area contributed by atoms with Crippen molar-refractivity contribution < 1.29 is 0 Å². The summed E-state index contributed by atoms with van der Waals surface area (Å²) in [6.07, 6.45) is 0. The minimum absolute atomic E-state index is 0.755. The third-order valence-electron chi connectivity index (χ3n) is 7.07. The fourth-order valence-corrected chi connectivity index (χ4v) is 5.67. The Morgan fingerprint density at radius 3 is 2.08 bits per heavy atom. The van der Waals surface area contributed by atoms with Crippen LogP contribution in [0.4, 0.5) is 0 Å². The van der Waals surface area contributed by atoms with Gasteiger partial charge >= 0.3 is 0 Å². The standard InChI is InChI=1S/C34H22ClN/c35-30-20-18-25(22-29(30)23-10-2-1-3-11-23)26-13-6-8-16-31(26)36-32-17-9-7-15-28(32)34-27-14-5-4-12-24(27)19-21-33(34)36/h1-22H. The smallest absolute Gasteiger partial charge is 0.0547 e. The Balaban J connectivity index is 1.53. The molecule has 0 atom stereocenters. The monoisotopic (exact) mass is 479 g/mol. The molecule has 0 aliphatic heterocycles. The largest absolute Gasteiger partial charge is 0.309 e. The molecule has 0 aliphatic rings. The predicted octanol–water partition coefficient (Wildman–Crippen LogP) is 9.92. The lowest BCUT2D eigenvalue weighted by molar-refractivity contribution is 1.18. The third-order valence-corrected chi connectivity index (χ3v) is 7.40. The summed E-state index contributed by atoms with van der Waals surface area (Å²) in [6.45, 7) is 0. The van der Waals surface area contributed by atoms with E-state index in [4.69, 9.17) is 11.6 Å². The molecule has 1 aromatic heterocycles. The predicted molar refractivity (Wildman–Crippen MR) is 154 cm³/mol. The molecule has 0 spiro atoms. The second kappa shape index (κ2) is 8.41. The third kappa shape index (κ3) is 3.25. The molecule has 0 radical (unpaired) electrons. The highest BCUT2D eigenvalue weighted by Gasteiger charge is 2.17. The highest BCUT2D eigenvalue weighted by atomic mass is 35.5. The number of nitrogens with zero attached hydrogens (tertiary/aromatic N) is 1. The van der Waals surface area contributed by atoms with E-state index in [1.54, 1.807) is 0 Å². The Morgan fingerprint density at radius 1 is 0.472 bits per heavy atom. The van der Waals surface area contributed by atoms with Crippen molar-refractivity contribution in [3.05, 3.63) is 138 Å². The zero-order chi connectivity index (χ0) is 24.1. The van der Waals surface area contributed by atoms with Crippen LogP contribution in [0.25, 0.3) is 60.5 Å². The molecule has 2 heteroatoms. The van der Waals surface area contributed by atoms with Crippen LogP contribution >= 0.6 is 11.6 Å². The minimum atomic E-state index is 0.755. The Kier molecular flexibility index (Phi) is 4.90. The fourth-order valence-electron chi connectivity index (χ4n) is 5.44. The van der Waals surface area contributed by atoms with Gasteiger partial charge in [0.1, 0.15) is 0 Å². The lowest BCUT2D eigenvalue weighted by atomic mass is 9.97. The van der Waals surface area contributed by atoms with Gasteiger partial charge < -0.3 is 4.57 Å². The number of para-hydroxylation sites is 2. The summed E-state index contributed by atoms with van der Waals surface area (Å²) in [5.41, 5.74) is 8.03. The molecule has 0 bridgehead atoms. The van der Waals surface area contributed by atoms with Gasteiger partial charge in [0.25, 0.3) is 0 Å². The summed E-state index contributed by atoms with van der Waals surface area (Å²) in [6, 6.07) is 47.2. The average molecular weight is 480 g/mol. The molecular formula is C34H22ClN. The van der Waals surface area contributed by atoms with Gasteiger partial charge in [-0.05, 0) is 52.2 Å². The van der Waals surface area contributed by atoms with Crippen molar-refractivity contribution in [2.75, 3.05) is 0 Å². The van der Waals surface area contributed by atoms with Gasteiger partial charge in [0.15, 0.2) is 0 Å². The maximum absolute atomic E-state index is 6.66. The quantitative estimate of drug-likeness (QED) is 0.237. The summed E-state index contributed by atoms with van der Waals surface area (Å²) in [5, 5.41) is 5.84. The van der Waals surface area contributed by atoms with Crippen molar-refractivity contribution in [2.45, 2.75) is 0 Å². The summed E-state index contributed by atoms with van der Waals surface area (Å²) < 4.78 is 2.41. The Bertz CT molecular complexity index is 1900. The second-order valence-corrected chi connectivity index (χ2v) is 9.52. The van der Waals surface area contributed by atoms with Gasteiger partial charge in [0, 0.05) is 26.9 Å². The van der Waals surface area contributed by atoms with Crippen molar-refractivity contribution in [1.82, 2.24) is 4.57 Å². The summed E-state index contributed by atoms with van der Waals surface area (Å²) in [7, 11) is 0. The van der Waals surface area contributed by atoms with Crippen molar-refractivity contribution in [3.8, 4) is 27.9 Å². The number of hydrogen-bond acceptors (Lipinski definition) is 0. The normalized spacial score (nSPS) is 11.5. The highest BCUT2D eigenvalue weighted by molar-refractivity contribution is 6.33. The number of benzene rings is 6. The van der Waals surface area contributed by atoms with E-state index >= 15 is 0 Å². The second-order valence-electron chi connectivity index (χ2n) is 9.11. The molecule has 0 amide bonds. The molecule has 0 fully saturated rings. The van der Waals surface area contributed by atoms with E-state index in [9.17, 15) is 0 Å². The van der Waals surface area contributed by atoms with Gasteiger partial charge in [0.2, 0.25) is 0 Å². The summed E-state index contributed by atoms with van der Waals surface area (Å²) in [4.78, 5) is 0. The van der Waals surface area contributed by atoms with Crippen LogP contribution < -0.4 is 0 Å². The van der Waals surface area contributed by atoms with Crippen LogP contribution in [0.3, 0.4) is 0 Å². The topological polar surface area (TPSA) is 4.93 Å². The Hall–Kier alpha value is -4.33. The van der Waals surface area contributed by atoms with Gasteiger partial charge in [-0.15, -0.1) is 0 Å². The van der Waals surface area contributed by atoms with Gasteiger partial charge in [0.05, 0.1) is 16.7 Å². The molecule has 1 nitrogen and oxygen atoms in total. The van der Waals surface area contributed by atoms with E-state index < -0.39 is 0 Å². The number of rotatable bonds is 3. The zero-order valence-electron chi connectivity index (χ0n) is 19.5. The van der Waals surface area contributed by atoms with Crippen LogP contribution in [-0.2, 0) is 0 Å². The molecular weight excluding hydrogens is 458 g/mol. The van der Waals surface area contributed by atoms with Gasteiger partial charge in [-0.3, -0.25) is 0 Å². The van der Waals surface area contributed by atoms with Crippen molar-refractivity contribution >= 4 is 44.2 Å². The first-order chi connectivity index (χ1) is 17.8. The van der Waals surface area contributed by atoms with E-state index in [0.29, 0.717) is 0 Å². The molecule has 0 saturated carbocycles. The molecule has 6 aromatic carbocycles. The highest BCUT2D eigenvalue weighted by Crippen LogP contribution is 2.40. The zero-order valence-corrected chi connectivity index (χ0v) is 20.3. The Morgan fingerprint density at radius 2 is 1.19 bits per heavy atom. The molecule has 1 heterocycles. The van der Waals surface area contributed by atoms with Crippen LogP contribution in [-0.4, -0.2) is 4.57 Å². The van der Waals surface area contributed by atoms with Crippen LogP contribution in [0.15, 0.2) is 133 Å². The first-order valence-electron chi connectivity index (χ1n) is 12.2. The lowest BCUT2D eigenvalue weighted by Crippen LogP contribution is -1.97. The van der Waals surface area contributed by atoms with Crippen molar-refractivity contribution in [1.29, 1.82) is 0 Å². The summed E-state index contributed by atoms with van der Waals surface area (Å²) in [5.74, 6) is 0. The molecule has 36 heavy (non-hydrogen) atoms. The average Bonchev–Trinajstić information content (AvgIpc) is 3.28. The number of fused-ring (bicyclic) bond motifs is 5. The molecule has 170 valence electrons. The van der Waals surface area contributed by atoms with E-state index in [1.807, 2.05) is 12.1 Å².